The maximum absolute atomic E-state index is 4.21. The van der Waals surface area contributed by atoms with Gasteiger partial charge in [-0.15, -0.1) is 0 Å². The maximum Gasteiger partial charge on any atom is 0.120 e. The Morgan fingerprint density at radius 2 is 2.05 bits per heavy atom. The number of imidazole rings is 1. The zero-order valence-electron chi connectivity index (χ0n) is 13.4. The molecule has 1 fully saturated rings. The molecule has 1 aromatic heterocycles. The van der Waals surface area contributed by atoms with E-state index in [-0.39, 0.29) is 0 Å². The van der Waals surface area contributed by atoms with Gasteiger partial charge < -0.3 is 10.3 Å². The Hall–Kier alpha value is -1.65. The molecular formula is C18H26N4. The fraction of sp³-hybridized carbons (Fsp3) is 0.500. The molecule has 0 saturated carbocycles. The number of aromatic nitrogens is 2. The number of benzene rings is 1. The summed E-state index contributed by atoms with van der Waals surface area (Å²) in [6.07, 6.45) is 6.37. The Morgan fingerprint density at radius 1 is 1.23 bits per heavy atom. The van der Waals surface area contributed by atoms with Crippen LogP contribution in [-0.2, 0) is 19.6 Å². The van der Waals surface area contributed by atoms with Gasteiger partial charge in [-0.25, -0.2) is 4.98 Å². The number of nitrogens with zero attached hydrogens (tertiary/aromatic N) is 2. The zero-order valence-corrected chi connectivity index (χ0v) is 13.4. The monoisotopic (exact) mass is 298 g/mol. The molecule has 1 atom stereocenters. The first-order valence-electron chi connectivity index (χ1n) is 8.29. The third-order valence-corrected chi connectivity index (χ3v) is 4.35. The van der Waals surface area contributed by atoms with Crippen molar-refractivity contribution < 1.29 is 0 Å². The largest absolute Gasteiger partial charge is 0.348 e. The lowest BCUT2D eigenvalue weighted by atomic mass is 9.99. The van der Waals surface area contributed by atoms with Crippen molar-refractivity contribution >= 4 is 0 Å². The Balaban J connectivity index is 1.45. The summed E-state index contributed by atoms with van der Waals surface area (Å²) in [7, 11) is 0. The minimum Gasteiger partial charge on any atom is -0.348 e. The van der Waals surface area contributed by atoms with E-state index in [1.54, 1.807) is 6.20 Å². The first-order chi connectivity index (χ1) is 10.8. The second kappa shape index (κ2) is 7.56. The number of nitrogens with one attached hydrogen (secondary N) is 2. The molecule has 0 amide bonds. The summed E-state index contributed by atoms with van der Waals surface area (Å²) in [5, 5.41) is 3.41. The Labute approximate surface area is 133 Å². The fourth-order valence-corrected chi connectivity index (χ4v) is 3.17. The third kappa shape index (κ3) is 4.42. The number of likely N-dealkylation sites (tertiary alicyclic amines) is 1. The molecule has 1 aliphatic rings. The molecular weight excluding hydrogens is 272 g/mol. The van der Waals surface area contributed by atoms with Gasteiger partial charge in [0, 0.05) is 32.0 Å². The van der Waals surface area contributed by atoms with E-state index in [4.69, 9.17) is 0 Å². The van der Waals surface area contributed by atoms with Gasteiger partial charge in [0.2, 0.25) is 0 Å². The fourth-order valence-electron chi connectivity index (χ4n) is 3.17. The minimum atomic E-state index is 0.778. The van der Waals surface area contributed by atoms with Crippen molar-refractivity contribution in [3.63, 3.8) is 0 Å². The van der Waals surface area contributed by atoms with Gasteiger partial charge in [-0.05, 0) is 36.4 Å². The Morgan fingerprint density at radius 3 is 2.77 bits per heavy atom. The summed E-state index contributed by atoms with van der Waals surface area (Å²) in [5.74, 6) is 1.83. The Kier molecular flexibility index (Phi) is 5.24. The quantitative estimate of drug-likeness (QED) is 0.862. The van der Waals surface area contributed by atoms with Crippen LogP contribution in [0.1, 0.15) is 36.7 Å². The molecule has 4 heteroatoms. The van der Waals surface area contributed by atoms with Crippen molar-refractivity contribution in [2.75, 3.05) is 13.1 Å². The van der Waals surface area contributed by atoms with Gasteiger partial charge in [-0.1, -0.05) is 31.2 Å². The Bertz CT molecular complexity index is 547. The van der Waals surface area contributed by atoms with Crippen LogP contribution in [-0.4, -0.2) is 28.0 Å². The van der Waals surface area contributed by atoms with Gasteiger partial charge >= 0.3 is 0 Å². The second-order valence-corrected chi connectivity index (χ2v) is 6.44. The highest BCUT2D eigenvalue weighted by molar-refractivity contribution is 5.22. The highest BCUT2D eigenvalue weighted by Gasteiger charge is 2.15. The van der Waals surface area contributed by atoms with Crippen LogP contribution in [0.5, 0.6) is 0 Å². The molecule has 1 saturated heterocycles. The normalized spacial score (nSPS) is 19.4. The summed E-state index contributed by atoms with van der Waals surface area (Å²) < 4.78 is 0. The van der Waals surface area contributed by atoms with Crippen LogP contribution in [0.2, 0.25) is 0 Å². The van der Waals surface area contributed by atoms with E-state index in [0.29, 0.717) is 0 Å². The van der Waals surface area contributed by atoms with E-state index >= 15 is 0 Å². The molecule has 1 aromatic carbocycles. The van der Waals surface area contributed by atoms with E-state index in [0.717, 1.165) is 31.4 Å². The molecule has 0 radical (unpaired) electrons. The van der Waals surface area contributed by atoms with Gasteiger partial charge in [0.15, 0.2) is 0 Å². The first kappa shape index (κ1) is 15.3. The van der Waals surface area contributed by atoms with Crippen molar-refractivity contribution in [3.05, 3.63) is 53.6 Å². The number of rotatable bonds is 6. The molecule has 2 N–H and O–H groups in total. The SMILES string of the molecule is CC1CCCN(Cc2ccc(CNCc3ncc[nH]3)cc2)C1. The van der Waals surface area contributed by atoms with Gasteiger partial charge in [0.05, 0.1) is 6.54 Å². The van der Waals surface area contributed by atoms with Crippen molar-refractivity contribution in [2.24, 2.45) is 5.92 Å². The van der Waals surface area contributed by atoms with Crippen LogP contribution in [0.3, 0.4) is 0 Å². The molecule has 0 bridgehead atoms. The molecule has 2 heterocycles. The minimum absolute atomic E-state index is 0.778. The van der Waals surface area contributed by atoms with Crippen LogP contribution < -0.4 is 5.32 Å². The number of H-pyrrole nitrogens is 1. The maximum atomic E-state index is 4.21. The first-order valence-corrected chi connectivity index (χ1v) is 8.29. The predicted molar refractivity (Wildman–Crippen MR) is 89.2 cm³/mol. The molecule has 0 spiro atoms. The zero-order chi connectivity index (χ0) is 15.2. The van der Waals surface area contributed by atoms with Gasteiger partial charge in [0.25, 0.3) is 0 Å². The number of hydrogen-bond donors (Lipinski definition) is 2. The number of piperidine rings is 1. The van der Waals surface area contributed by atoms with Gasteiger partial charge in [-0.2, -0.15) is 0 Å². The summed E-state index contributed by atoms with van der Waals surface area (Å²) in [6, 6.07) is 9.00. The average Bonchev–Trinajstić information content (AvgIpc) is 3.02. The average molecular weight is 298 g/mol. The van der Waals surface area contributed by atoms with Crippen LogP contribution >= 0.6 is 0 Å². The molecule has 3 rings (SSSR count). The third-order valence-electron chi connectivity index (χ3n) is 4.35. The smallest absolute Gasteiger partial charge is 0.120 e. The molecule has 118 valence electrons. The van der Waals surface area contributed by atoms with Crippen LogP contribution in [0.15, 0.2) is 36.7 Å². The summed E-state index contributed by atoms with van der Waals surface area (Å²) in [4.78, 5) is 9.89. The molecule has 4 nitrogen and oxygen atoms in total. The molecule has 2 aromatic rings. The van der Waals surface area contributed by atoms with Gasteiger partial charge in [-0.3, -0.25) is 4.90 Å². The lowest BCUT2D eigenvalue weighted by molar-refractivity contribution is 0.176. The standard InChI is InChI=1S/C18H26N4/c1-15-3-2-10-22(13-15)14-17-6-4-16(5-7-17)11-19-12-18-20-8-9-21-18/h4-9,15,19H,2-3,10-14H2,1H3,(H,20,21). The lowest BCUT2D eigenvalue weighted by Gasteiger charge is -2.30. The molecule has 0 aliphatic carbocycles. The highest BCUT2D eigenvalue weighted by atomic mass is 15.1. The molecule has 1 aliphatic heterocycles. The van der Waals surface area contributed by atoms with E-state index in [1.165, 1.54) is 37.1 Å². The van der Waals surface area contributed by atoms with E-state index in [1.807, 2.05) is 6.20 Å². The van der Waals surface area contributed by atoms with Crippen molar-refractivity contribution in [2.45, 2.75) is 39.4 Å². The summed E-state index contributed by atoms with van der Waals surface area (Å²) in [6.45, 7) is 7.59. The second-order valence-electron chi connectivity index (χ2n) is 6.44. The molecule has 22 heavy (non-hydrogen) atoms. The van der Waals surface area contributed by atoms with E-state index < -0.39 is 0 Å². The topological polar surface area (TPSA) is 44.0 Å². The summed E-state index contributed by atoms with van der Waals surface area (Å²) >= 11 is 0. The lowest BCUT2D eigenvalue weighted by Crippen LogP contribution is -2.33. The van der Waals surface area contributed by atoms with Gasteiger partial charge in [0.1, 0.15) is 5.82 Å². The van der Waals surface area contributed by atoms with E-state index in [9.17, 15) is 0 Å². The summed E-state index contributed by atoms with van der Waals surface area (Å²) in [5.41, 5.74) is 2.74. The van der Waals surface area contributed by atoms with Crippen molar-refractivity contribution in [1.29, 1.82) is 0 Å². The van der Waals surface area contributed by atoms with Crippen molar-refractivity contribution in [1.82, 2.24) is 20.2 Å². The number of hydrogen-bond acceptors (Lipinski definition) is 3. The highest BCUT2D eigenvalue weighted by Crippen LogP contribution is 2.18. The van der Waals surface area contributed by atoms with Crippen LogP contribution in [0.4, 0.5) is 0 Å². The van der Waals surface area contributed by atoms with Crippen molar-refractivity contribution in [3.8, 4) is 0 Å². The number of aromatic amines is 1. The van der Waals surface area contributed by atoms with Crippen LogP contribution in [0.25, 0.3) is 0 Å². The van der Waals surface area contributed by atoms with E-state index in [2.05, 4.69) is 51.4 Å². The molecule has 1 unspecified atom stereocenters. The van der Waals surface area contributed by atoms with Crippen LogP contribution in [0, 0.1) is 5.92 Å². The predicted octanol–water partition coefficient (Wildman–Crippen LogP) is 2.93.